The summed E-state index contributed by atoms with van der Waals surface area (Å²) in [6.45, 7) is 2.62. The Morgan fingerprint density at radius 3 is 2.78 bits per heavy atom. The van der Waals surface area contributed by atoms with E-state index in [1.165, 1.54) is 0 Å². The van der Waals surface area contributed by atoms with E-state index in [0.29, 0.717) is 19.4 Å². The molecule has 4 nitrogen and oxygen atoms in total. The number of carbonyl (C=O) groups excluding carboxylic acids is 2. The third-order valence-corrected chi connectivity index (χ3v) is 3.13. The van der Waals surface area contributed by atoms with Crippen molar-refractivity contribution in [1.29, 1.82) is 0 Å². The second-order valence-electron chi connectivity index (χ2n) is 4.58. The van der Waals surface area contributed by atoms with Gasteiger partial charge in [0.15, 0.2) is 0 Å². The molecule has 0 unspecified atom stereocenters. The summed E-state index contributed by atoms with van der Waals surface area (Å²) in [6.07, 6.45) is 0.532. The predicted molar refractivity (Wildman–Crippen MR) is 67.0 cm³/mol. The molecule has 2 rings (SSSR count). The van der Waals surface area contributed by atoms with E-state index in [1.54, 1.807) is 4.90 Å². The minimum Gasteiger partial charge on any atom is -0.445 e. The monoisotopic (exact) mass is 247 g/mol. The average molecular weight is 247 g/mol. The third kappa shape index (κ3) is 3.09. The molecule has 1 amide bonds. The molecule has 0 N–H and O–H groups in total. The molecule has 1 aromatic rings. The number of Topliss-reactive ketones (excluding diaryl/α,β-unsaturated/α-hetero) is 1. The van der Waals surface area contributed by atoms with Crippen molar-refractivity contribution in [1.82, 2.24) is 4.90 Å². The van der Waals surface area contributed by atoms with Gasteiger partial charge in [-0.1, -0.05) is 30.3 Å². The smallest absolute Gasteiger partial charge is 0.410 e. The minimum absolute atomic E-state index is 0.0606. The van der Waals surface area contributed by atoms with Crippen molar-refractivity contribution in [3.63, 3.8) is 0 Å². The van der Waals surface area contributed by atoms with Crippen LogP contribution in [0.3, 0.4) is 0 Å². The van der Waals surface area contributed by atoms with Crippen LogP contribution in [0.4, 0.5) is 4.79 Å². The number of piperidine rings is 1. The summed E-state index contributed by atoms with van der Waals surface area (Å²) >= 11 is 0. The first-order valence-corrected chi connectivity index (χ1v) is 6.16. The van der Waals surface area contributed by atoms with Crippen molar-refractivity contribution in [2.24, 2.45) is 0 Å². The van der Waals surface area contributed by atoms with Gasteiger partial charge < -0.3 is 9.64 Å². The average Bonchev–Trinajstić information content (AvgIpc) is 2.37. The summed E-state index contributed by atoms with van der Waals surface area (Å²) < 4.78 is 5.25. The molecule has 0 spiro atoms. The number of amides is 1. The number of hydrogen-bond acceptors (Lipinski definition) is 3. The molecule has 4 heteroatoms. The topological polar surface area (TPSA) is 46.6 Å². The summed E-state index contributed by atoms with van der Waals surface area (Å²) in [5, 5.41) is 0. The van der Waals surface area contributed by atoms with Gasteiger partial charge in [-0.25, -0.2) is 4.79 Å². The van der Waals surface area contributed by atoms with Gasteiger partial charge in [0, 0.05) is 25.4 Å². The van der Waals surface area contributed by atoms with Crippen LogP contribution in [-0.2, 0) is 16.1 Å². The highest BCUT2D eigenvalue weighted by Crippen LogP contribution is 2.15. The van der Waals surface area contributed by atoms with E-state index in [4.69, 9.17) is 4.74 Å². The molecule has 0 saturated carbocycles. The highest BCUT2D eigenvalue weighted by Gasteiger charge is 2.28. The van der Waals surface area contributed by atoms with Crippen LogP contribution in [0.25, 0.3) is 0 Å². The molecule has 1 atom stereocenters. The first-order valence-electron chi connectivity index (χ1n) is 6.16. The van der Waals surface area contributed by atoms with E-state index in [-0.39, 0.29) is 24.5 Å². The molecule has 1 aliphatic heterocycles. The zero-order valence-corrected chi connectivity index (χ0v) is 10.5. The second-order valence-corrected chi connectivity index (χ2v) is 4.58. The lowest BCUT2D eigenvalue weighted by atomic mass is 10.0. The normalized spacial score (nSPS) is 19.7. The Morgan fingerprint density at radius 2 is 2.11 bits per heavy atom. The molecule has 1 saturated heterocycles. The van der Waals surface area contributed by atoms with Crippen LogP contribution in [0.1, 0.15) is 25.3 Å². The first kappa shape index (κ1) is 12.6. The zero-order valence-electron chi connectivity index (χ0n) is 10.5. The maximum absolute atomic E-state index is 11.9. The van der Waals surface area contributed by atoms with E-state index >= 15 is 0 Å². The molecule has 1 aliphatic rings. The molecule has 18 heavy (non-hydrogen) atoms. The lowest BCUT2D eigenvalue weighted by molar-refractivity contribution is -0.122. The quantitative estimate of drug-likeness (QED) is 0.806. The van der Waals surface area contributed by atoms with Gasteiger partial charge in [-0.05, 0) is 12.5 Å². The number of benzene rings is 1. The second kappa shape index (κ2) is 5.67. The van der Waals surface area contributed by atoms with Gasteiger partial charge in [0.2, 0.25) is 0 Å². The van der Waals surface area contributed by atoms with Crippen molar-refractivity contribution >= 4 is 11.9 Å². The number of hydrogen-bond donors (Lipinski definition) is 0. The molecule has 0 aromatic heterocycles. The van der Waals surface area contributed by atoms with Crippen molar-refractivity contribution in [2.45, 2.75) is 32.4 Å². The molecule has 1 fully saturated rings. The van der Waals surface area contributed by atoms with E-state index in [0.717, 1.165) is 5.56 Å². The van der Waals surface area contributed by atoms with Gasteiger partial charge in [-0.3, -0.25) is 4.79 Å². The van der Waals surface area contributed by atoms with Crippen LogP contribution in [0.2, 0.25) is 0 Å². The Hall–Kier alpha value is -1.84. The Morgan fingerprint density at radius 1 is 1.39 bits per heavy atom. The largest absolute Gasteiger partial charge is 0.445 e. The Kier molecular flexibility index (Phi) is 3.97. The maximum atomic E-state index is 11.9. The third-order valence-electron chi connectivity index (χ3n) is 3.13. The molecule has 96 valence electrons. The van der Waals surface area contributed by atoms with E-state index in [1.807, 2.05) is 37.3 Å². The fraction of sp³-hybridized carbons (Fsp3) is 0.429. The number of likely N-dealkylation sites (tertiary alicyclic amines) is 1. The molecule has 1 heterocycles. The lowest BCUT2D eigenvalue weighted by Gasteiger charge is -2.31. The minimum atomic E-state index is -0.334. The maximum Gasteiger partial charge on any atom is 0.410 e. The number of carbonyl (C=O) groups is 2. The first-order chi connectivity index (χ1) is 8.66. The van der Waals surface area contributed by atoms with Gasteiger partial charge in [-0.2, -0.15) is 0 Å². The van der Waals surface area contributed by atoms with E-state index < -0.39 is 0 Å². The van der Waals surface area contributed by atoms with Crippen LogP contribution < -0.4 is 0 Å². The number of ketones is 1. The van der Waals surface area contributed by atoms with Gasteiger partial charge in [-0.15, -0.1) is 0 Å². The van der Waals surface area contributed by atoms with Gasteiger partial charge >= 0.3 is 6.09 Å². The molecule has 0 bridgehead atoms. The molecular formula is C14H17NO3. The van der Waals surface area contributed by atoms with Crippen LogP contribution in [0.15, 0.2) is 30.3 Å². The lowest BCUT2D eigenvalue weighted by Crippen LogP contribution is -2.45. The molecule has 1 aromatic carbocycles. The van der Waals surface area contributed by atoms with Crippen molar-refractivity contribution in [3.8, 4) is 0 Å². The zero-order chi connectivity index (χ0) is 13.0. The van der Waals surface area contributed by atoms with Crippen molar-refractivity contribution < 1.29 is 14.3 Å². The molecule has 0 aliphatic carbocycles. The van der Waals surface area contributed by atoms with Gasteiger partial charge in [0.1, 0.15) is 12.4 Å². The molecular weight excluding hydrogens is 230 g/mol. The van der Waals surface area contributed by atoms with E-state index in [2.05, 4.69) is 0 Å². The number of ether oxygens (including phenoxy) is 1. The Labute approximate surface area is 107 Å². The summed E-state index contributed by atoms with van der Waals surface area (Å²) in [5.41, 5.74) is 0.964. The fourth-order valence-corrected chi connectivity index (χ4v) is 2.08. The van der Waals surface area contributed by atoms with Crippen LogP contribution in [0, 0.1) is 0 Å². The van der Waals surface area contributed by atoms with Crippen molar-refractivity contribution in [2.75, 3.05) is 6.54 Å². The van der Waals surface area contributed by atoms with Crippen LogP contribution in [-0.4, -0.2) is 29.4 Å². The fourth-order valence-electron chi connectivity index (χ4n) is 2.08. The van der Waals surface area contributed by atoms with Gasteiger partial charge in [0.25, 0.3) is 0 Å². The predicted octanol–water partition coefficient (Wildman–Crippen LogP) is 2.38. The SMILES string of the molecule is C[C@@H]1CC(=O)CCN1C(=O)OCc1ccccc1. The highest BCUT2D eigenvalue weighted by molar-refractivity contribution is 5.82. The summed E-state index contributed by atoms with van der Waals surface area (Å²) in [5.74, 6) is 0.217. The summed E-state index contributed by atoms with van der Waals surface area (Å²) in [6, 6.07) is 9.50. The van der Waals surface area contributed by atoms with Crippen LogP contribution >= 0.6 is 0 Å². The van der Waals surface area contributed by atoms with E-state index in [9.17, 15) is 9.59 Å². The molecule has 0 radical (unpaired) electrons. The summed E-state index contributed by atoms with van der Waals surface area (Å²) in [7, 11) is 0. The standard InChI is InChI=1S/C14H17NO3/c1-11-9-13(16)7-8-15(11)14(17)18-10-12-5-3-2-4-6-12/h2-6,11H,7-10H2,1H3/t11-/m1/s1. The van der Waals surface area contributed by atoms with Crippen molar-refractivity contribution in [3.05, 3.63) is 35.9 Å². The summed E-state index contributed by atoms with van der Waals surface area (Å²) in [4.78, 5) is 24.8. The van der Waals surface area contributed by atoms with Crippen LogP contribution in [0.5, 0.6) is 0 Å². The number of rotatable bonds is 2. The Balaban J connectivity index is 1.86. The highest BCUT2D eigenvalue weighted by atomic mass is 16.6. The Bertz CT molecular complexity index is 430. The number of nitrogens with zero attached hydrogens (tertiary/aromatic N) is 1. The van der Waals surface area contributed by atoms with Gasteiger partial charge in [0.05, 0.1) is 0 Å².